The molecule has 3 N–H and O–H groups in total. The van der Waals surface area contributed by atoms with Gasteiger partial charge in [0.15, 0.2) is 0 Å². The maximum Gasteiger partial charge on any atom is 0.419 e. The summed E-state index contributed by atoms with van der Waals surface area (Å²) >= 11 is 0. The number of nitrogens with zero attached hydrogens (tertiary/aromatic N) is 3. The minimum Gasteiger partial charge on any atom is -0.398 e. The van der Waals surface area contributed by atoms with E-state index in [1.165, 1.54) is 6.07 Å². The first kappa shape index (κ1) is 22.7. The SMILES string of the molecule is Cc1ccc(N)c(C(=O)N2CC(F)(F)CC(C)C2CNc2ncc(C(F)(F)F)cn2)c1. The van der Waals surface area contributed by atoms with Crippen LogP contribution in [0, 0.1) is 12.8 Å². The van der Waals surface area contributed by atoms with Crippen LogP contribution in [0.15, 0.2) is 30.6 Å². The van der Waals surface area contributed by atoms with Crippen LogP contribution >= 0.6 is 0 Å². The molecule has 0 spiro atoms. The van der Waals surface area contributed by atoms with Crippen LogP contribution in [-0.2, 0) is 6.18 Å². The monoisotopic (exact) mass is 443 g/mol. The molecule has 1 amide bonds. The average Bonchev–Trinajstić information content (AvgIpc) is 2.67. The van der Waals surface area contributed by atoms with Crippen molar-refractivity contribution in [1.82, 2.24) is 14.9 Å². The molecule has 168 valence electrons. The van der Waals surface area contributed by atoms with Crippen LogP contribution in [0.25, 0.3) is 0 Å². The molecule has 1 fully saturated rings. The molecule has 2 unspecified atom stereocenters. The Bertz CT molecular complexity index is 948. The van der Waals surface area contributed by atoms with Crippen LogP contribution in [0.5, 0.6) is 0 Å². The minimum absolute atomic E-state index is 0.0138. The highest BCUT2D eigenvalue weighted by Gasteiger charge is 2.46. The summed E-state index contributed by atoms with van der Waals surface area (Å²) in [4.78, 5) is 21.4. The molecule has 0 radical (unpaired) electrons. The lowest BCUT2D eigenvalue weighted by molar-refractivity contribution is -0.138. The largest absolute Gasteiger partial charge is 0.419 e. The van der Waals surface area contributed by atoms with Gasteiger partial charge >= 0.3 is 6.18 Å². The van der Waals surface area contributed by atoms with Gasteiger partial charge in [-0.15, -0.1) is 0 Å². The number of aromatic nitrogens is 2. The third-order valence-corrected chi connectivity index (χ3v) is 5.23. The van der Waals surface area contributed by atoms with Gasteiger partial charge in [0, 0.05) is 31.0 Å². The molecule has 6 nitrogen and oxygen atoms in total. The molecule has 11 heteroatoms. The fraction of sp³-hybridized carbons (Fsp3) is 0.450. The number of nitrogens with two attached hydrogens (primary N) is 1. The molecule has 0 aliphatic carbocycles. The number of amides is 1. The van der Waals surface area contributed by atoms with E-state index in [9.17, 15) is 26.7 Å². The van der Waals surface area contributed by atoms with Gasteiger partial charge in [0.05, 0.1) is 23.7 Å². The van der Waals surface area contributed by atoms with Gasteiger partial charge in [0.2, 0.25) is 5.95 Å². The molecule has 1 aromatic heterocycles. The fourth-order valence-electron chi connectivity index (χ4n) is 3.65. The lowest BCUT2D eigenvalue weighted by Crippen LogP contribution is -2.57. The third kappa shape index (κ3) is 5.20. The Morgan fingerprint density at radius 2 is 1.94 bits per heavy atom. The second-order valence-electron chi connectivity index (χ2n) is 7.80. The van der Waals surface area contributed by atoms with Gasteiger partial charge in [-0.1, -0.05) is 18.6 Å². The number of piperidine rings is 1. The van der Waals surface area contributed by atoms with E-state index in [1.54, 1.807) is 26.0 Å². The van der Waals surface area contributed by atoms with Crippen LogP contribution < -0.4 is 11.1 Å². The second kappa shape index (κ2) is 8.27. The first-order chi connectivity index (χ1) is 14.4. The molecule has 1 aliphatic rings. The molecular formula is C20H22F5N5O. The zero-order chi connectivity index (χ0) is 23.0. The van der Waals surface area contributed by atoms with E-state index in [-0.39, 0.29) is 23.7 Å². The van der Waals surface area contributed by atoms with Gasteiger partial charge in [-0.2, -0.15) is 13.2 Å². The highest BCUT2D eigenvalue weighted by atomic mass is 19.4. The Hall–Kier alpha value is -2.98. The smallest absolute Gasteiger partial charge is 0.398 e. The van der Waals surface area contributed by atoms with Gasteiger partial charge in [-0.05, 0) is 25.0 Å². The molecule has 3 rings (SSSR count). The number of aryl methyl sites for hydroxylation is 1. The summed E-state index contributed by atoms with van der Waals surface area (Å²) in [5.41, 5.74) is 5.95. The Labute approximate surface area is 175 Å². The van der Waals surface area contributed by atoms with Gasteiger partial charge in [-0.3, -0.25) is 4.79 Å². The number of alkyl halides is 5. The summed E-state index contributed by atoms with van der Waals surface area (Å²) < 4.78 is 66.5. The first-order valence-corrected chi connectivity index (χ1v) is 9.55. The van der Waals surface area contributed by atoms with Crippen molar-refractivity contribution in [2.75, 3.05) is 24.1 Å². The zero-order valence-corrected chi connectivity index (χ0v) is 16.9. The van der Waals surface area contributed by atoms with Gasteiger partial charge < -0.3 is 16.0 Å². The number of halogens is 5. The number of likely N-dealkylation sites (tertiary alicyclic amines) is 1. The van der Waals surface area contributed by atoms with Crippen molar-refractivity contribution in [3.63, 3.8) is 0 Å². The molecule has 0 bridgehead atoms. The van der Waals surface area contributed by atoms with Crippen LogP contribution in [0.2, 0.25) is 0 Å². The number of nitrogen functional groups attached to an aromatic ring is 1. The molecule has 1 saturated heterocycles. The normalized spacial score (nSPS) is 21.1. The molecule has 2 heterocycles. The number of anilines is 2. The van der Waals surface area contributed by atoms with Crippen molar-refractivity contribution in [3.05, 3.63) is 47.3 Å². The zero-order valence-electron chi connectivity index (χ0n) is 16.9. The topological polar surface area (TPSA) is 84.1 Å². The number of benzene rings is 1. The molecule has 1 aromatic carbocycles. The molecular weight excluding hydrogens is 421 g/mol. The Balaban J connectivity index is 1.82. The summed E-state index contributed by atoms with van der Waals surface area (Å²) in [5, 5.41) is 2.75. The van der Waals surface area contributed by atoms with Gasteiger partial charge in [-0.25, -0.2) is 18.7 Å². The molecule has 2 atom stereocenters. The van der Waals surface area contributed by atoms with E-state index >= 15 is 0 Å². The summed E-state index contributed by atoms with van der Waals surface area (Å²) in [6.45, 7) is 2.54. The van der Waals surface area contributed by atoms with Crippen molar-refractivity contribution in [2.24, 2.45) is 5.92 Å². The maximum absolute atomic E-state index is 14.3. The summed E-state index contributed by atoms with van der Waals surface area (Å²) in [7, 11) is 0. The van der Waals surface area contributed by atoms with E-state index in [4.69, 9.17) is 5.73 Å². The Morgan fingerprint density at radius 1 is 1.29 bits per heavy atom. The molecule has 31 heavy (non-hydrogen) atoms. The van der Waals surface area contributed by atoms with Crippen LogP contribution in [-0.4, -0.2) is 45.8 Å². The first-order valence-electron chi connectivity index (χ1n) is 9.55. The molecule has 1 aliphatic heterocycles. The third-order valence-electron chi connectivity index (χ3n) is 5.23. The minimum atomic E-state index is -4.57. The predicted molar refractivity (Wildman–Crippen MR) is 105 cm³/mol. The van der Waals surface area contributed by atoms with Gasteiger partial charge in [0.1, 0.15) is 0 Å². The number of hydrogen-bond donors (Lipinski definition) is 2. The van der Waals surface area contributed by atoms with Crippen molar-refractivity contribution in [2.45, 2.75) is 38.4 Å². The Kier molecular flexibility index (Phi) is 6.06. The van der Waals surface area contributed by atoms with Crippen molar-refractivity contribution in [3.8, 4) is 0 Å². The van der Waals surface area contributed by atoms with E-state index in [0.29, 0.717) is 12.4 Å². The maximum atomic E-state index is 14.3. The summed E-state index contributed by atoms with van der Waals surface area (Å²) in [6.07, 6.45) is -3.74. The van der Waals surface area contributed by atoms with E-state index in [2.05, 4.69) is 15.3 Å². The second-order valence-corrected chi connectivity index (χ2v) is 7.80. The number of hydrogen-bond acceptors (Lipinski definition) is 5. The van der Waals surface area contributed by atoms with E-state index < -0.39 is 48.5 Å². The van der Waals surface area contributed by atoms with Gasteiger partial charge in [0.25, 0.3) is 11.8 Å². The summed E-state index contributed by atoms with van der Waals surface area (Å²) in [6, 6.07) is 4.12. The van der Waals surface area contributed by atoms with Crippen LogP contribution in [0.3, 0.4) is 0 Å². The molecule has 2 aromatic rings. The highest BCUT2D eigenvalue weighted by Crippen LogP contribution is 2.36. The van der Waals surface area contributed by atoms with Crippen molar-refractivity contribution >= 4 is 17.5 Å². The molecule has 0 saturated carbocycles. The highest BCUT2D eigenvalue weighted by molar-refractivity contribution is 5.99. The standard InChI is InChI=1S/C20H22F5N5O/c1-11-3-4-15(26)14(5-11)17(31)30-10-19(21,22)6-12(2)16(30)9-29-18-27-7-13(8-28-18)20(23,24)25/h3-5,7-8,12,16H,6,9-10,26H2,1-2H3,(H,27,28,29). The number of rotatable bonds is 4. The van der Waals surface area contributed by atoms with E-state index in [0.717, 1.165) is 10.5 Å². The van der Waals surface area contributed by atoms with E-state index in [1.807, 2.05) is 0 Å². The quantitative estimate of drug-likeness (QED) is 0.552. The Morgan fingerprint density at radius 3 is 2.55 bits per heavy atom. The average molecular weight is 443 g/mol. The van der Waals surface area contributed by atoms with Crippen molar-refractivity contribution in [1.29, 1.82) is 0 Å². The number of carbonyl (C=O) groups is 1. The lowest BCUT2D eigenvalue weighted by Gasteiger charge is -2.43. The summed E-state index contributed by atoms with van der Waals surface area (Å²) in [5.74, 6) is -4.40. The lowest BCUT2D eigenvalue weighted by atomic mass is 9.87. The number of nitrogens with one attached hydrogen (secondary N) is 1. The number of carbonyl (C=O) groups excluding carboxylic acids is 1. The predicted octanol–water partition coefficient (Wildman–Crippen LogP) is 3.98. The van der Waals surface area contributed by atoms with Crippen LogP contribution in [0.4, 0.5) is 33.6 Å². The van der Waals surface area contributed by atoms with Crippen molar-refractivity contribution < 1.29 is 26.7 Å². The fourth-order valence-corrected chi connectivity index (χ4v) is 3.65. The van der Waals surface area contributed by atoms with Crippen LogP contribution in [0.1, 0.15) is 34.8 Å².